The number of piperidine rings is 1. The summed E-state index contributed by atoms with van der Waals surface area (Å²) in [5, 5.41) is 13.3. The molecule has 1 N–H and O–H groups in total. The lowest BCUT2D eigenvalue weighted by molar-refractivity contribution is -0.142. The standard InChI is InChI=1S/C10H15NO2S/c12-10(13)9-3-5-11(6-4-9)14-7-1-2-8-14/h1-2,7-9,14H,3-6H2,(H,12,13). The fourth-order valence-corrected chi connectivity index (χ4v) is 3.58. The van der Waals surface area contributed by atoms with Crippen molar-refractivity contribution in [2.45, 2.75) is 12.8 Å². The maximum atomic E-state index is 10.7. The van der Waals surface area contributed by atoms with E-state index < -0.39 is 5.97 Å². The van der Waals surface area contributed by atoms with Gasteiger partial charge in [-0.3, -0.25) is 9.10 Å². The number of carboxylic acids is 1. The van der Waals surface area contributed by atoms with Gasteiger partial charge in [0.1, 0.15) is 0 Å². The van der Waals surface area contributed by atoms with Gasteiger partial charge in [0.2, 0.25) is 0 Å². The first-order valence-electron chi connectivity index (χ1n) is 4.88. The third-order valence-electron chi connectivity index (χ3n) is 2.74. The molecule has 0 aliphatic carbocycles. The quantitative estimate of drug-likeness (QED) is 0.686. The second kappa shape index (κ2) is 4.19. The Morgan fingerprint density at radius 1 is 1.29 bits per heavy atom. The molecule has 2 aliphatic heterocycles. The van der Waals surface area contributed by atoms with Crippen molar-refractivity contribution < 1.29 is 9.90 Å². The van der Waals surface area contributed by atoms with E-state index in [1.807, 2.05) is 0 Å². The third-order valence-corrected chi connectivity index (χ3v) is 4.74. The predicted molar refractivity (Wildman–Crippen MR) is 59.2 cm³/mol. The van der Waals surface area contributed by atoms with Gasteiger partial charge in [-0.1, -0.05) is 12.2 Å². The van der Waals surface area contributed by atoms with Crippen LogP contribution in [0.25, 0.3) is 0 Å². The molecule has 0 unspecified atom stereocenters. The van der Waals surface area contributed by atoms with Crippen LogP contribution < -0.4 is 0 Å². The molecule has 0 aromatic rings. The molecule has 0 aromatic heterocycles. The maximum Gasteiger partial charge on any atom is 0.306 e. The first kappa shape index (κ1) is 9.80. The van der Waals surface area contributed by atoms with Gasteiger partial charge >= 0.3 is 5.97 Å². The van der Waals surface area contributed by atoms with E-state index in [9.17, 15) is 4.79 Å². The third kappa shape index (κ3) is 2.01. The molecule has 3 nitrogen and oxygen atoms in total. The fraction of sp³-hybridized carbons (Fsp3) is 0.500. The van der Waals surface area contributed by atoms with Crippen molar-refractivity contribution in [2.24, 2.45) is 5.92 Å². The van der Waals surface area contributed by atoms with Crippen LogP contribution in [0.3, 0.4) is 0 Å². The molecule has 1 saturated heterocycles. The van der Waals surface area contributed by atoms with Crippen molar-refractivity contribution in [2.75, 3.05) is 13.1 Å². The Bertz CT molecular complexity index is 268. The molecule has 0 aromatic carbocycles. The van der Waals surface area contributed by atoms with Crippen LogP contribution in [0.15, 0.2) is 23.0 Å². The number of thiol groups is 1. The minimum absolute atomic E-state index is 0.114. The first-order valence-corrected chi connectivity index (χ1v) is 6.31. The van der Waals surface area contributed by atoms with Crippen LogP contribution in [0.4, 0.5) is 0 Å². The number of rotatable bonds is 2. The summed E-state index contributed by atoms with van der Waals surface area (Å²) in [4.78, 5) is 10.7. The van der Waals surface area contributed by atoms with Gasteiger partial charge in [0, 0.05) is 13.1 Å². The highest BCUT2D eigenvalue weighted by Gasteiger charge is 2.25. The number of nitrogens with zero attached hydrogens (tertiary/aromatic N) is 1. The zero-order valence-electron chi connectivity index (χ0n) is 7.97. The number of aliphatic carboxylic acids is 1. The van der Waals surface area contributed by atoms with Crippen molar-refractivity contribution in [3.05, 3.63) is 23.0 Å². The van der Waals surface area contributed by atoms with Crippen molar-refractivity contribution in [1.29, 1.82) is 0 Å². The summed E-state index contributed by atoms with van der Waals surface area (Å²) in [6.07, 6.45) is 5.76. The molecule has 2 aliphatic rings. The molecule has 0 saturated carbocycles. The van der Waals surface area contributed by atoms with Gasteiger partial charge in [-0.25, -0.2) is 0 Å². The highest BCUT2D eigenvalue weighted by Crippen LogP contribution is 2.39. The summed E-state index contributed by atoms with van der Waals surface area (Å²) >= 11 is -0.222. The molecule has 0 spiro atoms. The number of hydrogen-bond donors (Lipinski definition) is 2. The summed E-state index contributed by atoms with van der Waals surface area (Å²) < 4.78 is 2.40. The molecule has 0 radical (unpaired) electrons. The molecule has 0 atom stereocenters. The Kier molecular flexibility index (Phi) is 2.93. The Hall–Kier alpha value is -0.740. The smallest absolute Gasteiger partial charge is 0.306 e. The average molecular weight is 213 g/mol. The monoisotopic (exact) mass is 213 g/mol. The van der Waals surface area contributed by atoms with Crippen LogP contribution in [0.2, 0.25) is 0 Å². The Labute approximate surface area is 86.6 Å². The highest BCUT2D eigenvalue weighted by molar-refractivity contribution is 8.20. The van der Waals surface area contributed by atoms with Gasteiger partial charge in [-0.2, -0.15) is 11.1 Å². The van der Waals surface area contributed by atoms with E-state index in [1.165, 1.54) is 0 Å². The van der Waals surface area contributed by atoms with E-state index in [1.54, 1.807) is 0 Å². The molecular weight excluding hydrogens is 198 g/mol. The van der Waals surface area contributed by atoms with Gasteiger partial charge in [0.25, 0.3) is 0 Å². The Morgan fingerprint density at radius 2 is 1.86 bits per heavy atom. The van der Waals surface area contributed by atoms with Crippen LogP contribution in [0.5, 0.6) is 0 Å². The lowest BCUT2D eigenvalue weighted by Crippen LogP contribution is -2.33. The molecule has 0 bridgehead atoms. The van der Waals surface area contributed by atoms with Gasteiger partial charge in [-0.15, -0.1) is 0 Å². The molecule has 2 rings (SSSR count). The van der Waals surface area contributed by atoms with E-state index in [4.69, 9.17) is 5.11 Å². The fourth-order valence-electron chi connectivity index (χ4n) is 1.86. The molecular formula is C10H15NO2S. The Balaban J connectivity index is 1.86. The minimum Gasteiger partial charge on any atom is -0.481 e. The van der Waals surface area contributed by atoms with Crippen molar-refractivity contribution in [3.63, 3.8) is 0 Å². The maximum absolute atomic E-state index is 10.7. The molecule has 0 amide bonds. The molecule has 14 heavy (non-hydrogen) atoms. The molecule has 78 valence electrons. The van der Waals surface area contributed by atoms with Crippen molar-refractivity contribution >= 4 is 17.1 Å². The topological polar surface area (TPSA) is 40.5 Å². The zero-order valence-corrected chi connectivity index (χ0v) is 8.86. The highest BCUT2D eigenvalue weighted by atomic mass is 32.2. The second-order valence-electron chi connectivity index (χ2n) is 3.63. The number of hydrogen-bond acceptors (Lipinski definition) is 2. The SMILES string of the molecule is O=C(O)C1CCN([SH]2C=CC=C2)CC1. The minimum atomic E-state index is -0.630. The summed E-state index contributed by atoms with van der Waals surface area (Å²) in [6, 6.07) is 0. The van der Waals surface area contributed by atoms with Crippen LogP contribution in [0, 0.1) is 5.92 Å². The second-order valence-corrected chi connectivity index (χ2v) is 5.55. The van der Waals surface area contributed by atoms with E-state index >= 15 is 0 Å². The van der Waals surface area contributed by atoms with E-state index in [-0.39, 0.29) is 17.0 Å². The summed E-state index contributed by atoms with van der Waals surface area (Å²) in [6.45, 7) is 1.86. The predicted octanol–water partition coefficient (Wildman–Crippen LogP) is 1.74. The first-order chi connectivity index (χ1) is 6.77. The zero-order chi connectivity index (χ0) is 9.97. The van der Waals surface area contributed by atoms with Crippen LogP contribution in [-0.4, -0.2) is 28.5 Å². The van der Waals surface area contributed by atoms with Gasteiger partial charge in [0.05, 0.1) is 5.92 Å². The summed E-state index contributed by atoms with van der Waals surface area (Å²) in [7, 11) is 0. The molecule has 4 heteroatoms. The molecule has 2 heterocycles. The van der Waals surface area contributed by atoms with Crippen molar-refractivity contribution in [3.8, 4) is 0 Å². The van der Waals surface area contributed by atoms with Crippen LogP contribution in [0.1, 0.15) is 12.8 Å². The van der Waals surface area contributed by atoms with E-state index in [0.29, 0.717) is 0 Å². The summed E-state index contributed by atoms with van der Waals surface area (Å²) in [5.74, 6) is -0.744. The Morgan fingerprint density at radius 3 is 2.36 bits per heavy atom. The average Bonchev–Trinajstić information content (AvgIpc) is 2.71. The normalized spacial score (nSPS) is 25.9. The number of allylic oxidation sites excluding steroid dienone is 2. The van der Waals surface area contributed by atoms with Gasteiger partial charge < -0.3 is 5.11 Å². The lowest BCUT2D eigenvalue weighted by Gasteiger charge is -2.34. The largest absolute Gasteiger partial charge is 0.481 e. The molecule has 1 fully saturated rings. The number of carboxylic acid groups (broad SMARTS) is 1. The number of carbonyl (C=O) groups is 1. The van der Waals surface area contributed by atoms with Crippen LogP contribution in [-0.2, 0) is 4.79 Å². The van der Waals surface area contributed by atoms with Crippen LogP contribution >= 0.6 is 11.1 Å². The van der Waals surface area contributed by atoms with Crippen molar-refractivity contribution in [1.82, 2.24) is 4.31 Å². The van der Waals surface area contributed by atoms with E-state index in [0.717, 1.165) is 25.9 Å². The summed E-state index contributed by atoms with van der Waals surface area (Å²) in [5.41, 5.74) is 0. The van der Waals surface area contributed by atoms with E-state index in [2.05, 4.69) is 27.3 Å². The lowest BCUT2D eigenvalue weighted by atomic mass is 9.99. The van der Waals surface area contributed by atoms with Gasteiger partial charge in [-0.05, 0) is 23.7 Å². The van der Waals surface area contributed by atoms with Gasteiger partial charge in [0.15, 0.2) is 0 Å².